The van der Waals surface area contributed by atoms with E-state index < -0.39 is 0 Å². The summed E-state index contributed by atoms with van der Waals surface area (Å²) in [4.78, 5) is 2.12. The van der Waals surface area contributed by atoms with Gasteiger partial charge in [0.1, 0.15) is 0 Å². The van der Waals surface area contributed by atoms with E-state index in [-0.39, 0.29) is 0 Å². The van der Waals surface area contributed by atoms with Crippen LogP contribution in [0.3, 0.4) is 0 Å². The van der Waals surface area contributed by atoms with Crippen LogP contribution in [-0.4, -0.2) is 37.1 Å². The van der Waals surface area contributed by atoms with Crippen molar-refractivity contribution in [3.63, 3.8) is 0 Å². The Balaban J connectivity index is 4.33. The molecule has 0 saturated carbocycles. The minimum atomic E-state index is 0.473. The van der Waals surface area contributed by atoms with Crippen LogP contribution in [0.5, 0.6) is 0 Å². The topological polar surface area (TPSA) is 56.3 Å². The Morgan fingerprint density at radius 3 is 2.31 bits per heavy atom. The van der Waals surface area contributed by atoms with Gasteiger partial charge < -0.3 is 9.91 Å². The fourth-order valence-electron chi connectivity index (χ4n) is 1.24. The van der Waals surface area contributed by atoms with Gasteiger partial charge in [-0.25, -0.2) is 5.84 Å². The van der Waals surface area contributed by atoms with Crippen LogP contribution < -0.4 is 5.84 Å². The number of nitriles is 1. The lowest BCUT2D eigenvalue weighted by atomic mass is 10.1. The monoisotopic (exact) mass is 222 g/mol. The van der Waals surface area contributed by atoms with E-state index in [0.29, 0.717) is 5.57 Å². The third-order valence-corrected chi connectivity index (χ3v) is 2.57. The quantitative estimate of drug-likeness (QED) is 0.320. The van der Waals surface area contributed by atoms with E-state index >= 15 is 0 Å². The van der Waals surface area contributed by atoms with Crippen molar-refractivity contribution in [1.29, 1.82) is 5.26 Å². The number of hydrogen-bond acceptors (Lipinski definition) is 4. The third kappa shape index (κ3) is 4.96. The minimum Gasteiger partial charge on any atom is -0.315 e. The lowest BCUT2D eigenvalue weighted by molar-refractivity contribution is 0.314. The van der Waals surface area contributed by atoms with Crippen LogP contribution in [0.2, 0.25) is 0 Å². The highest BCUT2D eigenvalue weighted by Crippen LogP contribution is 2.13. The van der Waals surface area contributed by atoms with Gasteiger partial charge in [-0.15, -0.1) is 0 Å². The van der Waals surface area contributed by atoms with Crippen molar-refractivity contribution in [3.05, 3.63) is 23.4 Å². The molecular weight excluding hydrogens is 200 g/mol. The van der Waals surface area contributed by atoms with Crippen molar-refractivity contribution in [2.24, 2.45) is 5.84 Å². The van der Waals surface area contributed by atoms with E-state index in [0.717, 1.165) is 30.8 Å². The first-order chi connectivity index (χ1) is 7.40. The van der Waals surface area contributed by atoms with Crippen molar-refractivity contribution in [3.8, 4) is 6.07 Å². The number of hydrogen-bond donors (Lipinski definition) is 1. The highest BCUT2D eigenvalue weighted by Gasteiger charge is 2.06. The van der Waals surface area contributed by atoms with Gasteiger partial charge in [0.25, 0.3) is 0 Å². The predicted molar refractivity (Wildman–Crippen MR) is 67.2 cm³/mol. The molecule has 2 N–H and O–H groups in total. The molecule has 0 aliphatic rings. The molecule has 0 atom stereocenters. The summed E-state index contributed by atoms with van der Waals surface area (Å²) in [6.07, 6.45) is 0.993. The summed E-state index contributed by atoms with van der Waals surface area (Å²) in [5.41, 5.74) is 2.24. The number of hydrazine groups is 1. The van der Waals surface area contributed by atoms with Gasteiger partial charge in [0.05, 0.1) is 6.07 Å². The summed E-state index contributed by atoms with van der Waals surface area (Å²) in [6, 6.07) is 2.03. The summed E-state index contributed by atoms with van der Waals surface area (Å²) in [5, 5.41) is 10.4. The molecule has 0 unspecified atom stereocenters. The number of nitrogens with zero attached hydrogens (tertiary/aromatic N) is 3. The van der Waals surface area contributed by atoms with E-state index in [1.54, 1.807) is 5.01 Å². The summed E-state index contributed by atoms with van der Waals surface area (Å²) in [5.74, 6) is 5.90. The molecule has 0 radical (unpaired) electrons. The van der Waals surface area contributed by atoms with Gasteiger partial charge in [0.15, 0.2) is 0 Å². The molecule has 0 bridgehead atoms. The second kappa shape index (κ2) is 7.04. The molecule has 0 spiro atoms. The zero-order valence-electron chi connectivity index (χ0n) is 10.7. The standard InChI is InChI=1S/C12H22N4/c1-10(9-13)11(2)12(3)16(14)8-6-7-15(4)5/h1,6-8,14H2,2-5H3/b12-11-. The van der Waals surface area contributed by atoms with Gasteiger partial charge in [-0.05, 0) is 46.5 Å². The van der Waals surface area contributed by atoms with E-state index in [1.807, 2.05) is 34.0 Å². The van der Waals surface area contributed by atoms with Crippen molar-refractivity contribution in [2.45, 2.75) is 20.3 Å². The maximum Gasteiger partial charge on any atom is 0.0988 e. The molecule has 0 aromatic rings. The zero-order chi connectivity index (χ0) is 12.7. The van der Waals surface area contributed by atoms with Gasteiger partial charge in [-0.2, -0.15) is 5.26 Å². The Labute approximate surface area is 98.6 Å². The smallest absolute Gasteiger partial charge is 0.0988 e. The van der Waals surface area contributed by atoms with Crippen molar-refractivity contribution in [2.75, 3.05) is 27.2 Å². The Bertz CT molecular complexity index is 309. The fraction of sp³-hybridized carbons (Fsp3) is 0.583. The third-order valence-electron chi connectivity index (χ3n) is 2.57. The van der Waals surface area contributed by atoms with E-state index in [9.17, 15) is 0 Å². The highest BCUT2D eigenvalue weighted by molar-refractivity contribution is 5.40. The van der Waals surface area contributed by atoms with Gasteiger partial charge >= 0.3 is 0 Å². The molecule has 0 amide bonds. The van der Waals surface area contributed by atoms with Crippen molar-refractivity contribution in [1.82, 2.24) is 9.91 Å². The average molecular weight is 222 g/mol. The largest absolute Gasteiger partial charge is 0.315 e. The maximum atomic E-state index is 8.74. The SMILES string of the molecule is C=C(C#N)/C(C)=C(/C)N(N)CCCN(C)C. The molecule has 0 rings (SSSR count). The summed E-state index contributed by atoms with van der Waals surface area (Å²) < 4.78 is 0. The summed E-state index contributed by atoms with van der Waals surface area (Å²) in [6.45, 7) is 9.23. The molecule has 90 valence electrons. The van der Waals surface area contributed by atoms with Crippen LogP contribution in [0.25, 0.3) is 0 Å². The first-order valence-electron chi connectivity index (χ1n) is 5.34. The molecule has 0 saturated heterocycles. The Kier molecular flexibility index (Phi) is 6.47. The van der Waals surface area contributed by atoms with Gasteiger partial charge in [-0.1, -0.05) is 6.58 Å². The summed E-state index contributed by atoms with van der Waals surface area (Å²) in [7, 11) is 4.07. The minimum absolute atomic E-state index is 0.473. The Morgan fingerprint density at radius 2 is 1.88 bits per heavy atom. The van der Waals surface area contributed by atoms with Crippen LogP contribution in [0.1, 0.15) is 20.3 Å². The van der Waals surface area contributed by atoms with Crippen molar-refractivity contribution < 1.29 is 0 Å². The summed E-state index contributed by atoms with van der Waals surface area (Å²) >= 11 is 0. The number of rotatable bonds is 6. The molecule has 16 heavy (non-hydrogen) atoms. The number of nitrogens with two attached hydrogens (primary N) is 1. The first-order valence-corrected chi connectivity index (χ1v) is 5.34. The van der Waals surface area contributed by atoms with Gasteiger partial charge in [0.2, 0.25) is 0 Å². The predicted octanol–water partition coefficient (Wildman–Crippen LogP) is 1.49. The molecule has 0 aliphatic carbocycles. The average Bonchev–Trinajstić information content (AvgIpc) is 2.25. The van der Waals surface area contributed by atoms with Crippen LogP contribution >= 0.6 is 0 Å². The lowest BCUT2D eigenvalue weighted by Crippen LogP contribution is -2.32. The van der Waals surface area contributed by atoms with Crippen LogP contribution in [0.15, 0.2) is 23.4 Å². The first kappa shape index (κ1) is 14.7. The lowest BCUT2D eigenvalue weighted by Gasteiger charge is -2.22. The molecular formula is C12H22N4. The van der Waals surface area contributed by atoms with Crippen molar-refractivity contribution >= 4 is 0 Å². The highest BCUT2D eigenvalue weighted by atomic mass is 15.4. The van der Waals surface area contributed by atoms with E-state index in [4.69, 9.17) is 11.1 Å². The van der Waals surface area contributed by atoms with Gasteiger partial charge in [-0.3, -0.25) is 0 Å². The molecule has 4 nitrogen and oxygen atoms in total. The Morgan fingerprint density at radius 1 is 1.31 bits per heavy atom. The van der Waals surface area contributed by atoms with Crippen LogP contribution in [0.4, 0.5) is 0 Å². The number of allylic oxidation sites excluding steroid dienone is 3. The molecule has 0 aromatic heterocycles. The Hall–Kier alpha value is -1.31. The normalized spacial score (nSPS) is 12.1. The van der Waals surface area contributed by atoms with E-state index in [1.165, 1.54) is 0 Å². The molecule has 0 heterocycles. The van der Waals surface area contributed by atoms with E-state index in [2.05, 4.69) is 11.5 Å². The molecule has 4 heteroatoms. The van der Waals surface area contributed by atoms with Crippen LogP contribution in [-0.2, 0) is 0 Å². The van der Waals surface area contributed by atoms with Crippen LogP contribution in [0, 0.1) is 11.3 Å². The molecule has 0 fully saturated rings. The molecule has 0 aliphatic heterocycles. The second-order valence-corrected chi connectivity index (χ2v) is 4.15. The van der Waals surface area contributed by atoms with Gasteiger partial charge in [0, 0.05) is 17.8 Å². The molecule has 0 aromatic carbocycles. The zero-order valence-corrected chi connectivity index (χ0v) is 10.7. The second-order valence-electron chi connectivity index (χ2n) is 4.15. The fourth-order valence-corrected chi connectivity index (χ4v) is 1.24. The maximum absolute atomic E-state index is 8.74.